The van der Waals surface area contributed by atoms with E-state index in [1.165, 1.54) is 16.4 Å². The first kappa shape index (κ1) is 28.4. The van der Waals surface area contributed by atoms with Crippen LogP contribution in [0.4, 0.5) is 21.5 Å². The molecule has 2 heterocycles. The number of benzene rings is 2. The number of carbonyl (C=O) groups excluding carboxylic acids is 1. The molecule has 0 amide bonds. The third-order valence-corrected chi connectivity index (χ3v) is 8.25. The summed E-state index contributed by atoms with van der Waals surface area (Å²) in [6.45, 7) is 10.9. The van der Waals surface area contributed by atoms with Crippen LogP contribution in [0.15, 0.2) is 51.9 Å². The molecule has 0 aliphatic carbocycles. The molecule has 210 valence electrons. The van der Waals surface area contributed by atoms with Gasteiger partial charge in [0, 0.05) is 5.56 Å². The average molecular weight is 559 g/mol. The number of aromatic nitrogens is 1. The smallest absolute Gasteiger partial charge is 0.310 e. The molecule has 4 rings (SSSR count). The van der Waals surface area contributed by atoms with Crippen LogP contribution in [-0.2, 0) is 26.1 Å². The zero-order chi connectivity index (χ0) is 28.6. The molecule has 1 atom stereocenters. The lowest BCUT2D eigenvalue weighted by Gasteiger charge is -2.31. The van der Waals surface area contributed by atoms with Gasteiger partial charge in [-0.15, -0.1) is 0 Å². The monoisotopic (exact) mass is 558 g/mol. The molecule has 9 nitrogen and oxygen atoms in total. The Kier molecular flexibility index (Phi) is 7.66. The van der Waals surface area contributed by atoms with Gasteiger partial charge in [0.2, 0.25) is 0 Å². The first-order valence-electron chi connectivity index (χ1n) is 12.9. The summed E-state index contributed by atoms with van der Waals surface area (Å²) in [5.74, 6) is -0.369. The Bertz CT molecular complexity index is 1440. The fraction of sp³-hybridized carbons (Fsp3) is 0.429. The number of anilines is 3. The maximum Gasteiger partial charge on any atom is 0.310 e. The number of rotatable bonds is 9. The lowest BCUT2D eigenvalue weighted by molar-refractivity contribution is -0.155. The average Bonchev–Trinajstić information content (AvgIpc) is 3.34. The van der Waals surface area contributed by atoms with Crippen LogP contribution in [0.25, 0.3) is 0 Å². The molecular formula is C28H35FN4O5S. The second-order valence-electron chi connectivity index (χ2n) is 10.8. The van der Waals surface area contributed by atoms with Crippen molar-refractivity contribution in [1.82, 2.24) is 5.16 Å². The summed E-state index contributed by atoms with van der Waals surface area (Å²) < 4.78 is 53.4. The molecule has 39 heavy (non-hydrogen) atoms. The molecule has 2 N–H and O–H groups in total. The number of ether oxygens (including phenoxy) is 1. The van der Waals surface area contributed by atoms with Crippen LogP contribution >= 0.6 is 0 Å². The van der Waals surface area contributed by atoms with E-state index in [9.17, 15) is 17.6 Å². The minimum absolute atomic E-state index is 0.0366. The van der Waals surface area contributed by atoms with Gasteiger partial charge in [-0.1, -0.05) is 18.5 Å². The Balaban J connectivity index is 1.72. The van der Waals surface area contributed by atoms with Gasteiger partial charge in [-0.05, 0) is 83.5 Å². The Morgan fingerprint density at radius 2 is 1.77 bits per heavy atom. The molecule has 0 saturated heterocycles. The van der Waals surface area contributed by atoms with Crippen molar-refractivity contribution in [3.8, 4) is 0 Å². The van der Waals surface area contributed by atoms with E-state index < -0.39 is 27.1 Å². The number of fused-ring (bicyclic) bond motifs is 1. The molecule has 1 aliphatic heterocycles. The molecule has 0 bridgehead atoms. The van der Waals surface area contributed by atoms with Gasteiger partial charge >= 0.3 is 5.97 Å². The van der Waals surface area contributed by atoms with Crippen molar-refractivity contribution in [2.75, 3.05) is 14.9 Å². The van der Waals surface area contributed by atoms with Crippen LogP contribution in [-0.4, -0.2) is 30.8 Å². The van der Waals surface area contributed by atoms with E-state index >= 15 is 0 Å². The van der Waals surface area contributed by atoms with E-state index in [1.807, 2.05) is 27.7 Å². The van der Waals surface area contributed by atoms with E-state index in [1.54, 1.807) is 32.0 Å². The van der Waals surface area contributed by atoms with E-state index in [0.717, 1.165) is 24.2 Å². The highest BCUT2D eigenvalue weighted by atomic mass is 32.2. The highest BCUT2D eigenvalue weighted by Gasteiger charge is 2.39. The van der Waals surface area contributed by atoms with Crippen LogP contribution in [0.2, 0.25) is 0 Å². The molecule has 0 radical (unpaired) electrons. The molecule has 0 saturated carbocycles. The summed E-state index contributed by atoms with van der Waals surface area (Å²) in [6, 6.07) is 9.92. The number of halogens is 1. The van der Waals surface area contributed by atoms with Gasteiger partial charge in [-0.2, -0.15) is 0 Å². The number of carbonyl (C=O) groups is 1. The predicted molar refractivity (Wildman–Crippen MR) is 148 cm³/mol. The first-order valence-corrected chi connectivity index (χ1v) is 14.3. The van der Waals surface area contributed by atoms with Crippen LogP contribution in [0.3, 0.4) is 0 Å². The van der Waals surface area contributed by atoms with E-state index in [-0.39, 0.29) is 23.8 Å². The topological polar surface area (TPSA) is 114 Å². The third kappa shape index (κ3) is 6.19. The number of aryl methyl sites for hydroxylation is 2. The fourth-order valence-corrected chi connectivity index (χ4v) is 6.14. The number of hydrogen-bond acceptors (Lipinski definition) is 8. The van der Waals surface area contributed by atoms with Crippen molar-refractivity contribution >= 4 is 33.1 Å². The maximum absolute atomic E-state index is 13.9. The molecule has 0 fully saturated rings. The van der Waals surface area contributed by atoms with Crippen molar-refractivity contribution in [2.45, 2.75) is 83.5 Å². The Morgan fingerprint density at radius 3 is 2.36 bits per heavy atom. The van der Waals surface area contributed by atoms with Gasteiger partial charge in [0.05, 0.1) is 40.6 Å². The van der Waals surface area contributed by atoms with Crippen LogP contribution in [0.1, 0.15) is 64.0 Å². The standard InChI is InChI=1S/C28H35FN4O5S/c1-7-14-28(16-26(34)37-27(4,5)6)30-24-13-10-21(15-25(24)31-28)33(17-23-18(2)32-38-19(23)3)39(35,36)22-11-8-20(29)9-12-22/h8-13,15,30-31H,7,14,16-17H2,1-6H3. The summed E-state index contributed by atoms with van der Waals surface area (Å²) in [5.41, 5.74) is 1.60. The van der Waals surface area contributed by atoms with Gasteiger partial charge in [-0.25, -0.2) is 12.8 Å². The van der Waals surface area contributed by atoms with Gasteiger partial charge < -0.3 is 19.9 Å². The lowest BCUT2D eigenvalue weighted by Crippen LogP contribution is -2.45. The van der Waals surface area contributed by atoms with E-state index in [0.29, 0.717) is 34.8 Å². The minimum Gasteiger partial charge on any atom is -0.460 e. The van der Waals surface area contributed by atoms with Crippen LogP contribution in [0.5, 0.6) is 0 Å². The lowest BCUT2D eigenvalue weighted by atomic mass is 10.0. The zero-order valence-electron chi connectivity index (χ0n) is 23.1. The molecule has 0 spiro atoms. The molecular weight excluding hydrogens is 523 g/mol. The summed E-state index contributed by atoms with van der Waals surface area (Å²) in [7, 11) is -4.10. The van der Waals surface area contributed by atoms with Crippen molar-refractivity contribution < 1.29 is 26.9 Å². The van der Waals surface area contributed by atoms with E-state index in [4.69, 9.17) is 9.26 Å². The maximum atomic E-state index is 13.9. The fourth-order valence-electron chi connectivity index (χ4n) is 4.72. The van der Waals surface area contributed by atoms with Gasteiger partial charge in [0.25, 0.3) is 10.0 Å². The first-order chi connectivity index (χ1) is 18.2. The summed E-state index contributed by atoms with van der Waals surface area (Å²) in [6.07, 6.45) is 1.51. The molecule has 1 aromatic heterocycles. The number of esters is 1. The Morgan fingerprint density at radius 1 is 1.10 bits per heavy atom. The normalized spacial score (nSPS) is 16.8. The van der Waals surface area contributed by atoms with Crippen LogP contribution in [0, 0.1) is 19.7 Å². The predicted octanol–water partition coefficient (Wildman–Crippen LogP) is 5.89. The summed E-state index contributed by atoms with van der Waals surface area (Å²) in [5, 5.41) is 10.8. The molecule has 11 heteroatoms. The van der Waals surface area contributed by atoms with Gasteiger partial charge in [0.15, 0.2) is 0 Å². The third-order valence-electron chi connectivity index (χ3n) is 6.47. The SMILES string of the molecule is CCCC1(CC(=O)OC(C)(C)C)Nc2ccc(N(Cc3c(C)noc3C)S(=O)(=O)c3ccc(F)cc3)cc2N1. The highest BCUT2D eigenvalue weighted by molar-refractivity contribution is 7.92. The number of nitrogens with zero attached hydrogens (tertiary/aromatic N) is 2. The van der Waals surface area contributed by atoms with Gasteiger partial charge in [0.1, 0.15) is 22.8 Å². The highest BCUT2D eigenvalue weighted by Crippen LogP contribution is 2.42. The number of nitrogens with one attached hydrogen (secondary N) is 2. The number of hydrogen-bond donors (Lipinski definition) is 2. The summed E-state index contributed by atoms with van der Waals surface area (Å²) >= 11 is 0. The number of sulfonamides is 1. The minimum atomic E-state index is -4.10. The van der Waals surface area contributed by atoms with Crippen molar-refractivity contribution in [3.05, 3.63) is 65.3 Å². The van der Waals surface area contributed by atoms with Crippen molar-refractivity contribution in [2.24, 2.45) is 0 Å². The van der Waals surface area contributed by atoms with E-state index in [2.05, 4.69) is 15.8 Å². The Hall–Kier alpha value is -3.60. The van der Waals surface area contributed by atoms with Gasteiger partial charge in [-0.3, -0.25) is 9.10 Å². The molecule has 1 aliphatic rings. The largest absolute Gasteiger partial charge is 0.460 e. The molecule has 3 aromatic rings. The summed E-state index contributed by atoms with van der Waals surface area (Å²) in [4.78, 5) is 12.7. The van der Waals surface area contributed by atoms with Crippen molar-refractivity contribution in [1.29, 1.82) is 0 Å². The van der Waals surface area contributed by atoms with Crippen LogP contribution < -0.4 is 14.9 Å². The second kappa shape index (κ2) is 10.5. The van der Waals surface area contributed by atoms with Crippen molar-refractivity contribution in [3.63, 3.8) is 0 Å². The second-order valence-corrected chi connectivity index (χ2v) is 12.7. The molecule has 2 aromatic carbocycles. The quantitative estimate of drug-likeness (QED) is 0.313. The Labute approximate surface area is 228 Å². The zero-order valence-corrected chi connectivity index (χ0v) is 23.9. The molecule has 1 unspecified atom stereocenters.